The highest BCUT2D eigenvalue weighted by Crippen LogP contribution is 2.45. The van der Waals surface area contributed by atoms with E-state index in [0.29, 0.717) is 18.7 Å². The van der Waals surface area contributed by atoms with Gasteiger partial charge in [-0.2, -0.15) is 0 Å². The van der Waals surface area contributed by atoms with Gasteiger partial charge in [0.2, 0.25) is 0 Å². The maximum atomic E-state index is 12.2. The van der Waals surface area contributed by atoms with Crippen LogP contribution in [0.25, 0.3) is 10.9 Å². The van der Waals surface area contributed by atoms with Gasteiger partial charge in [0.1, 0.15) is 5.92 Å². The summed E-state index contributed by atoms with van der Waals surface area (Å²) < 4.78 is 12.1. The molecule has 3 heterocycles. The van der Waals surface area contributed by atoms with Gasteiger partial charge < -0.3 is 14.0 Å². The number of carbonyl (C=O) groups is 2. The van der Waals surface area contributed by atoms with Crippen molar-refractivity contribution in [1.82, 2.24) is 4.57 Å². The van der Waals surface area contributed by atoms with Gasteiger partial charge in [-0.05, 0) is 6.07 Å². The predicted molar refractivity (Wildman–Crippen MR) is 70.5 cm³/mol. The monoisotopic (exact) mass is 271 g/mol. The lowest BCUT2D eigenvalue weighted by Crippen LogP contribution is -2.13. The van der Waals surface area contributed by atoms with E-state index in [0.717, 1.165) is 16.6 Å². The molecule has 1 aromatic heterocycles. The van der Waals surface area contributed by atoms with Gasteiger partial charge in [0, 0.05) is 29.1 Å². The van der Waals surface area contributed by atoms with Crippen molar-refractivity contribution >= 4 is 22.8 Å². The fourth-order valence-corrected chi connectivity index (χ4v) is 3.45. The summed E-state index contributed by atoms with van der Waals surface area (Å²) in [6, 6.07) is 7.68. The standard InChI is InChI=1S/C15H13NO4/c1-19-14(17)12-9-4-2-3-5-10(9)16-6-8-7-20-15(18)11(8)13(12)16/h2-5,8,11H,6-7H2,1H3/t8-,11+/m0/s1. The highest BCUT2D eigenvalue weighted by atomic mass is 16.5. The van der Waals surface area contributed by atoms with Crippen LogP contribution in [0.1, 0.15) is 22.0 Å². The molecule has 2 atom stereocenters. The third kappa shape index (κ3) is 1.27. The SMILES string of the molecule is COC(=O)c1c2n(c3ccccc13)C[C@H]1COC(=O)[C@@H]21. The molecule has 1 saturated heterocycles. The Balaban J connectivity index is 2.06. The normalized spacial score (nSPS) is 23.6. The number of fused-ring (bicyclic) bond motifs is 5. The second-order valence-electron chi connectivity index (χ2n) is 5.25. The molecule has 5 nitrogen and oxygen atoms in total. The molecule has 0 radical (unpaired) electrons. The summed E-state index contributed by atoms with van der Waals surface area (Å²) in [5.74, 6) is -0.834. The molecule has 0 unspecified atom stereocenters. The average molecular weight is 271 g/mol. The zero-order chi connectivity index (χ0) is 13.9. The number of methoxy groups -OCH3 is 1. The van der Waals surface area contributed by atoms with E-state index in [2.05, 4.69) is 4.57 Å². The van der Waals surface area contributed by atoms with Crippen LogP contribution in [-0.4, -0.2) is 30.2 Å². The third-order valence-corrected chi connectivity index (χ3v) is 4.28. The molecule has 4 rings (SSSR count). The molecule has 5 heteroatoms. The lowest BCUT2D eigenvalue weighted by molar-refractivity contribution is -0.139. The molecule has 0 aliphatic carbocycles. The van der Waals surface area contributed by atoms with Gasteiger partial charge in [0.25, 0.3) is 0 Å². The molecule has 0 bridgehead atoms. The highest BCUT2D eigenvalue weighted by molar-refractivity contribution is 6.07. The summed E-state index contributed by atoms with van der Waals surface area (Å²) in [6.45, 7) is 1.14. The first kappa shape index (κ1) is 11.5. The van der Waals surface area contributed by atoms with Crippen molar-refractivity contribution in [3.05, 3.63) is 35.5 Å². The zero-order valence-electron chi connectivity index (χ0n) is 11.0. The van der Waals surface area contributed by atoms with Crippen molar-refractivity contribution in [2.45, 2.75) is 12.5 Å². The topological polar surface area (TPSA) is 57.5 Å². The van der Waals surface area contributed by atoms with Crippen LogP contribution in [0.4, 0.5) is 0 Å². The number of aromatic nitrogens is 1. The predicted octanol–water partition coefficient (Wildman–Crippen LogP) is 1.70. The van der Waals surface area contributed by atoms with E-state index in [9.17, 15) is 9.59 Å². The number of cyclic esters (lactones) is 1. The van der Waals surface area contributed by atoms with E-state index in [-0.39, 0.29) is 17.8 Å². The van der Waals surface area contributed by atoms with Crippen molar-refractivity contribution in [3.8, 4) is 0 Å². The Morgan fingerprint density at radius 1 is 1.40 bits per heavy atom. The number of ether oxygens (including phenoxy) is 2. The number of rotatable bonds is 1. The molecule has 2 aliphatic rings. The molecular formula is C15H13NO4. The van der Waals surface area contributed by atoms with E-state index in [1.54, 1.807) is 0 Å². The maximum absolute atomic E-state index is 12.2. The number of nitrogens with zero attached hydrogens (tertiary/aromatic N) is 1. The molecule has 1 fully saturated rings. The Bertz CT molecular complexity index is 746. The largest absolute Gasteiger partial charge is 0.465 e. The van der Waals surface area contributed by atoms with E-state index in [1.165, 1.54) is 7.11 Å². The summed E-state index contributed by atoms with van der Waals surface area (Å²) in [5, 5.41) is 0.840. The Labute approximate surface area is 115 Å². The van der Waals surface area contributed by atoms with Crippen molar-refractivity contribution in [1.29, 1.82) is 0 Å². The van der Waals surface area contributed by atoms with Crippen molar-refractivity contribution in [3.63, 3.8) is 0 Å². The summed E-state index contributed by atoms with van der Waals surface area (Å²) in [4.78, 5) is 24.1. The molecule has 20 heavy (non-hydrogen) atoms. The minimum atomic E-state index is -0.393. The molecule has 0 N–H and O–H groups in total. The summed E-state index contributed by atoms with van der Waals surface area (Å²) >= 11 is 0. The quantitative estimate of drug-likeness (QED) is 0.741. The van der Waals surface area contributed by atoms with Crippen LogP contribution in [0.5, 0.6) is 0 Å². The second-order valence-corrected chi connectivity index (χ2v) is 5.25. The van der Waals surface area contributed by atoms with Gasteiger partial charge in [0.05, 0.1) is 19.3 Å². The van der Waals surface area contributed by atoms with E-state index < -0.39 is 5.97 Å². The van der Waals surface area contributed by atoms with Crippen LogP contribution >= 0.6 is 0 Å². The number of carbonyl (C=O) groups excluding carboxylic acids is 2. The maximum Gasteiger partial charge on any atom is 0.340 e. The smallest absolute Gasteiger partial charge is 0.340 e. The fraction of sp³-hybridized carbons (Fsp3) is 0.333. The first-order chi connectivity index (χ1) is 9.72. The van der Waals surface area contributed by atoms with Crippen molar-refractivity contribution in [2.75, 3.05) is 13.7 Å². The summed E-state index contributed by atoms with van der Waals surface area (Å²) in [7, 11) is 1.36. The highest BCUT2D eigenvalue weighted by Gasteiger charge is 2.48. The van der Waals surface area contributed by atoms with E-state index in [1.807, 2.05) is 24.3 Å². The molecule has 0 saturated carbocycles. The molecule has 1 aromatic carbocycles. The Morgan fingerprint density at radius 3 is 3.00 bits per heavy atom. The Kier molecular flexibility index (Phi) is 2.22. The first-order valence-electron chi connectivity index (χ1n) is 6.58. The van der Waals surface area contributed by atoms with Crippen LogP contribution < -0.4 is 0 Å². The van der Waals surface area contributed by atoms with Gasteiger partial charge in [-0.1, -0.05) is 18.2 Å². The Morgan fingerprint density at radius 2 is 2.20 bits per heavy atom. The summed E-state index contributed by atoms with van der Waals surface area (Å²) in [5.41, 5.74) is 2.24. The minimum absolute atomic E-state index is 0.130. The van der Waals surface area contributed by atoms with Crippen molar-refractivity contribution in [2.24, 2.45) is 5.92 Å². The lowest BCUT2D eigenvalue weighted by atomic mass is 9.93. The van der Waals surface area contributed by atoms with Gasteiger partial charge in [-0.25, -0.2) is 4.79 Å². The zero-order valence-corrected chi connectivity index (χ0v) is 11.0. The van der Waals surface area contributed by atoms with Crippen LogP contribution in [-0.2, 0) is 20.8 Å². The van der Waals surface area contributed by atoms with Gasteiger partial charge >= 0.3 is 11.9 Å². The van der Waals surface area contributed by atoms with E-state index in [4.69, 9.17) is 9.47 Å². The van der Waals surface area contributed by atoms with Crippen molar-refractivity contribution < 1.29 is 19.1 Å². The number of esters is 2. The third-order valence-electron chi connectivity index (χ3n) is 4.28. The molecule has 2 aliphatic heterocycles. The second kappa shape index (κ2) is 3.85. The summed E-state index contributed by atoms with van der Waals surface area (Å²) in [6.07, 6.45) is 0. The molecule has 0 spiro atoms. The fourth-order valence-electron chi connectivity index (χ4n) is 3.45. The van der Waals surface area contributed by atoms with Crippen LogP contribution in [0, 0.1) is 5.92 Å². The van der Waals surface area contributed by atoms with Gasteiger partial charge in [0.15, 0.2) is 0 Å². The number of hydrogen-bond acceptors (Lipinski definition) is 4. The van der Waals surface area contributed by atoms with Crippen LogP contribution in [0.2, 0.25) is 0 Å². The molecular weight excluding hydrogens is 258 g/mol. The average Bonchev–Trinajstić information content (AvgIpc) is 3.08. The van der Waals surface area contributed by atoms with E-state index >= 15 is 0 Å². The van der Waals surface area contributed by atoms with Crippen LogP contribution in [0.15, 0.2) is 24.3 Å². The van der Waals surface area contributed by atoms with Gasteiger partial charge in [-0.3, -0.25) is 4.79 Å². The van der Waals surface area contributed by atoms with Crippen LogP contribution in [0.3, 0.4) is 0 Å². The molecule has 102 valence electrons. The van der Waals surface area contributed by atoms with Gasteiger partial charge in [-0.15, -0.1) is 0 Å². The lowest BCUT2D eigenvalue weighted by Gasteiger charge is -2.06. The Hall–Kier alpha value is -2.30. The molecule has 2 aromatic rings. The number of para-hydroxylation sites is 1. The minimum Gasteiger partial charge on any atom is -0.465 e. The molecule has 0 amide bonds. The number of benzene rings is 1. The number of hydrogen-bond donors (Lipinski definition) is 0. The first-order valence-corrected chi connectivity index (χ1v) is 6.58.